The van der Waals surface area contributed by atoms with Crippen molar-refractivity contribution < 1.29 is 0 Å². The van der Waals surface area contributed by atoms with Gasteiger partial charge in [-0.05, 0) is 44.6 Å². The Morgan fingerprint density at radius 1 is 0.895 bits per heavy atom. The first-order chi connectivity index (χ1) is 9.31. The first-order valence-corrected chi connectivity index (χ1v) is 8.71. The van der Waals surface area contributed by atoms with E-state index in [0.29, 0.717) is 6.04 Å². The molecule has 2 N–H and O–H groups in total. The number of rotatable bonds is 5. The van der Waals surface area contributed by atoms with Crippen LogP contribution in [0.3, 0.4) is 0 Å². The van der Waals surface area contributed by atoms with Crippen molar-refractivity contribution >= 4 is 0 Å². The fourth-order valence-electron chi connectivity index (χ4n) is 4.34. The minimum absolute atomic E-state index is 0.639. The maximum Gasteiger partial charge on any atom is 0.0243 e. The summed E-state index contributed by atoms with van der Waals surface area (Å²) in [5.41, 5.74) is 6.12. The second-order valence-electron chi connectivity index (χ2n) is 7.00. The summed E-state index contributed by atoms with van der Waals surface area (Å²) < 4.78 is 0. The van der Waals surface area contributed by atoms with E-state index < -0.39 is 0 Å². The second-order valence-corrected chi connectivity index (χ2v) is 7.00. The van der Waals surface area contributed by atoms with E-state index in [0.717, 1.165) is 18.4 Å². The SMILES string of the molecule is CN(CC1CCCCC1)C(CN)C1CCCCCC1. The third kappa shape index (κ3) is 4.75. The summed E-state index contributed by atoms with van der Waals surface area (Å²) >= 11 is 0. The maximum absolute atomic E-state index is 6.12. The second kappa shape index (κ2) is 8.26. The Labute approximate surface area is 120 Å². The largest absolute Gasteiger partial charge is 0.329 e. The molecule has 2 rings (SSSR count). The standard InChI is InChI=1S/C17H34N2/c1-19(14-15-9-5-4-6-10-15)17(13-18)16-11-7-2-3-8-12-16/h15-17H,2-14,18H2,1H3. The van der Waals surface area contributed by atoms with Crippen LogP contribution in [0.25, 0.3) is 0 Å². The highest BCUT2D eigenvalue weighted by Crippen LogP contribution is 2.29. The summed E-state index contributed by atoms with van der Waals surface area (Å²) in [6.07, 6.45) is 15.8. The van der Waals surface area contributed by atoms with Crippen LogP contribution in [0.1, 0.15) is 70.6 Å². The molecule has 0 radical (unpaired) electrons. The van der Waals surface area contributed by atoms with Crippen molar-refractivity contribution in [2.45, 2.75) is 76.7 Å². The van der Waals surface area contributed by atoms with Gasteiger partial charge in [-0.25, -0.2) is 0 Å². The Bertz CT molecular complexity index is 227. The van der Waals surface area contributed by atoms with Crippen LogP contribution in [-0.4, -0.2) is 31.1 Å². The van der Waals surface area contributed by atoms with E-state index in [1.807, 2.05) is 0 Å². The van der Waals surface area contributed by atoms with Gasteiger partial charge in [-0.1, -0.05) is 44.9 Å². The molecule has 2 aliphatic carbocycles. The predicted octanol–water partition coefficient (Wildman–Crippen LogP) is 3.80. The van der Waals surface area contributed by atoms with Gasteiger partial charge in [0.05, 0.1) is 0 Å². The number of likely N-dealkylation sites (N-methyl/N-ethyl adjacent to an activating group) is 1. The molecule has 0 aromatic carbocycles. The van der Waals surface area contributed by atoms with Gasteiger partial charge in [0.15, 0.2) is 0 Å². The lowest BCUT2D eigenvalue weighted by atomic mass is 9.86. The quantitative estimate of drug-likeness (QED) is 0.767. The highest BCUT2D eigenvalue weighted by Gasteiger charge is 2.26. The Kier molecular flexibility index (Phi) is 6.66. The third-order valence-corrected chi connectivity index (χ3v) is 5.52. The third-order valence-electron chi connectivity index (χ3n) is 5.52. The lowest BCUT2D eigenvalue weighted by Gasteiger charge is -2.36. The predicted molar refractivity (Wildman–Crippen MR) is 83.2 cm³/mol. The van der Waals surface area contributed by atoms with E-state index in [1.54, 1.807) is 0 Å². The number of nitrogens with two attached hydrogens (primary N) is 1. The maximum atomic E-state index is 6.12. The van der Waals surface area contributed by atoms with E-state index in [-0.39, 0.29) is 0 Å². The van der Waals surface area contributed by atoms with E-state index >= 15 is 0 Å². The van der Waals surface area contributed by atoms with Crippen molar-refractivity contribution in [3.8, 4) is 0 Å². The molecule has 0 amide bonds. The van der Waals surface area contributed by atoms with Crippen LogP contribution < -0.4 is 5.73 Å². The molecule has 0 bridgehead atoms. The van der Waals surface area contributed by atoms with Gasteiger partial charge in [0.2, 0.25) is 0 Å². The molecule has 0 aromatic heterocycles. The van der Waals surface area contributed by atoms with Crippen LogP contribution in [0.2, 0.25) is 0 Å². The molecule has 0 aromatic rings. The summed E-state index contributed by atoms with van der Waals surface area (Å²) in [5, 5.41) is 0. The minimum atomic E-state index is 0.639. The highest BCUT2D eigenvalue weighted by molar-refractivity contribution is 4.82. The lowest BCUT2D eigenvalue weighted by molar-refractivity contribution is 0.133. The van der Waals surface area contributed by atoms with Gasteiger partial charge in [0, 0.05) is 19.1 Å². The molecule has 112 valence electrons. The van der Waals surface area contributed by atoms with Gasteiger partial charge in [-0.3, -0.25) is 0 Å². The average Bonchev–Trinajstić information content (AvgIpc) is 2.70. The summed E-state index contributed by atoms with van der Waals surface area (Å²) in [6, 6.07) is 0.639. The zero-order valence-electron chi connectivity index (χ0n) is 12.9. The lowest BCUT2D eigenvalue weighted by Crippen LogP contribution is -2.45. The fraction of sp³-hybridized carbons (Fsp3) is 1.00. The molecule has 2 fully saturated rings. The van der Waals surface area contributed by atoms with E-state index in [9.17, 15) is 0 Å². The summed E-state index contributed by atoms with van der Waals surface area (Å²) in [7, 11) is 2.33. The topological polar surface area (TPSA) is 29.3 Å². The molecule has 2 heteroatoms. The van der Waals surface area contributed by atoms with Gasteiger partial charge < -0.3 is 10.6 Å². The Hall–Kier alpha value is -0.0800. The van der Waals surface area contributed by atoms with Crippen molar-refractivity contribution in [3.05, 3.63) is 0 Å². The molecular formula is C17H34N2. The molecular weight excluding hydrogens is 232 g/mol. The Morgan fingerprint density at radius 2 is 1.42 bits per heavy atom. The van der Waals surface area contributed by atoms with Crippen molar-refractivity contribution in [1.29, 1.82) is 0 Å². The molecule has 0 spiro atoms. The Morgan fingerprint density at radius 3 is 2.00 bits per heavy atom. The molecule has 1 atom stereocenters. The average molecular weight is 266 g/mol. The van der Waals surface area contributed by atoms with Crippen LogP contribution in [0.4, 0.5) is 0 Å². The van der Waals surface area contributed by atoms with E-state index in [2.05, 4.69) is 11.9 Å². The molecule has 0 saturated heterocycles. The van der Waals surface area contributed by atoms with Gasteiger partial charge in [-0.2, -0.15) is 0 Å². The monoisotopic (exact) mass is 266 g/mol. The van der Waals surface area contributed by atoms with Crippen LogP contribution in [-0.2, 0) is 0 Å². The summed E-state index contributed by atoms with van der Waals surface area (Å²) in [6.45, 7) is 2.15. The normalized spacial score (nSPS) is 25.4. The van der Waals surface area contributed by atoms with Crippen LogP contribution in [0.15, 0.2) is 0 Å². The molecule has 0 aliphatic heterocycles. The van der Waals surface area contributed by atoms with Gasteiger partial charge in [0.1, 0.15) is 0 Å². The molecule has 19 heavy (non-hydrogen) atoms. The highest BCUT2D eigenvalue weighted by atomic mass is 15.1. The fourth-order valence-corrected chi connectivity index (χ4v) is 4.34. The Balaban J connectivity index is 1.83. The smallest absolute Gasteiger partial charge is 0.0243 e. The summed E-state index contributed by atoms with van der Waals surface area (Å²) in [4.78, 5) is 2.62. The number of hydrogen-bond donors (Lipinski definition) is 1. The van der Waals surface area contributed by atoms with E-state index in [4.69, 9.17) is 5.73 Å². The van der Waals surface area contributed by atoms with Crippen molar-refractivity contribution in [2.24, 2.45) is 17.6 Å². The molecule has 2 saturated carbocycles. The number of hydrogen-bond acceptors (Lipinski definition) is 2. The van der Waals surface area contributed by atoms with Gasteiger partial charge in [-0.15, -0.1) is 0 Å². The van der Waals surface area contributed by atoms with Crippen molar-refractivity contribution in [3.63, 3.8) is 0 Å². The van der Waals surface area contributed by atoms with Gasteiger partial charge >= 0.3 is 0 Å². The zero-order valence-corrected chi connectivity index (χ0v) is 12.9. The first kappa shape index (κ1) is 15.3. The molecule has 2 nitrogen and oxygen atoms in total. The van der Waals surface area contributed by atoms with Crippen LogP contribution in [0.5, 0.6) is 0 Å². The summed E-state index contributed by atoms with van der Waals surface area (Å²) in [5.74, 6) is 1.81. The van der Waals surface area contributed by atoms with Gasteiger partial charge in [0.25, 0.3) is 0 Å². The molecule has 0 heterocycles. The van der Waals surface area contributed by atoms with Crippen LogP contribution in [0, 0.1) is 11.8 Å². The van der Waals surface area contributed by atoms with Crippen molar-refractivity contribution in [1.82, 2.24) is 4.90 Å². The minimum Gasteiger partial charge on any atom is -0.329 e. The van der Waals surface area contributed by atoms with E-state index in [1.165, 1.54) is 77.2 Å². The first-order valence-electron chi connectivity index (χ1n) is 8.71. The molecule has 1 unspecified atom stereocenters. The van der Waals surface area contributed by atoms with Crippen molar-refractivity contribution in [2.75, 3.05) is 20.1 Å². The zero-order chi connectivity index (χ0) is 13.5. The number of nitrogens with zero attached hydrogens (tertiary/aromatic N) is 1. The van der Waals surface area contributed by atoms with Crippen LogP contribution >= 0.6 is 0 Å². The molecule has 2 aliphatic rings.